The van der Waals surface area contributed by atoms with Crippen LogP contribution >= 0.6 is 11.6 Å². The number of carbonyl (C=O) groups excluding carboxylic acids is 1. The summed E-state index contributed by atoms with van der Waals surface area (Å²) < 4.78 is 29.2. The van der Waals surface area contributed by atoms with Crippen molar-refractivity contribution in [2.75, 3.05) is 42.9 Å². The van der Waals surface area contributed by atoms with Crippen molar-refractivity contribution in [1.29, 1.82) is 0 Å². The molecule has 0 spiro atoms. The molecule has 2 aromatic rings. The number of carbonyl (C=O) groups is 1. The first-order chi connectivity index (χ1) is 13.5. The molecule has 1 saturated heterocycles. The molecule has 0 aliphatic carbocycles. The molecule has 0 atom stereocenters. The number of quaternary nitrogens is 1. The molecule has 5 nitrogen and oxygen atoms in total. The van der Waals surface area contributed by atoms with Crippen LogP contribution in [-0.2, 0) is 0 Å². The monoisotopic (exact) mass is 410 g/mol. The lowest BCUT2D eigenvalue weighted by atomic mass is 10.1. The zero-order valence-corrected chi connectivity index (χ0v) is 16.3. The lowest BCUT2D eigenvalue weighted by Crippen LogP contribution is -3.14. The van der Waals surface area contributed by atoms with Gasteiger partial charge in [-0.3, -0.25) is 4.79 Å². The fourth-order valence-electron chi connectivity index (χ4n) is 3.31. The van der Waals surface area contributed by atoms with E-state index >= 15 is 0 Å². The van der Waals surface area contributed by atoms with Gasteiger partial charge in [-0.25, -0.2) is 0 Å². The molecular weight excluding hydrogens is 388 g/mol. The number of anilines is 2. The Morgan fingerprint density at radius 2 is 2.00 bits per heavy atom. The maximum Gasteiger partial charge on any atom is 0.387 e. The Balaban J connectivity index is 1.78. The third-order valence-electron chi connectivity index (χ3n) is 4.84. The van der Waals surface area contributed by atoms with Gasteiger partial charge in [0.25, 0.3) is 5.91 Å². The smallest absolute Gasteiger partial charge is 0.387 e. The second kappa shape index (κ2) is 9.21. The Morgan fingerprint density at radius 3 is 2.68 bits per heavy atom. The average Bonchev–Trinajstić information content (AvgIpc) is 2.68. The van der Waals surface area contributed by atoms with Crippen LogP contribution < -0.4 is 19.9 Å². The van der Waals surface area contributed by atoms with Crippen LogP contribution in [0.3, 0.4) is 0 Å². The molecule has 0 radical (unpaired) electrons. The number of benzene rings is 2. The van der Waals surface area contributed by atoms with Crippen LogP contribution in [0.15, 0.2) is 42.5 Å². The van der Waals surface area contributed by atoms with Gasteiger partial charge in [-0.05, 0) is 43.3 Å². The van der Waals surface area contributed by atoms with Crippen molar-refractivity contribution in [3.63, 3.8) is 0 Å². The molecule has 0 bridgehead atoms. The zero-order valence-electron chi connectivity index (χ0n) is 15.6. The Morgan fingerprint density at radius 1 is 1.25 bits per heavy atom. The van der Waals surface area contributed by atoms with Gasteiger partial charge < -0.3 is 19.9 Å². The second-order valence-corrected chi connectivity index (χ2v) is 7.05. The number of piperazine rings is 1. The van der Waals surface area contributed by atoms with Crippen molar-refractivity contribution in [2.24, 2.45) is 0 Å². The quantitative estimate of drug-likeness (QED) is 0.769. The van der Waals surface area contributed by atoms with Gasteiger partial charge in [0.1, 0.15) is 5.75 Å². The normalized spacial score (nSPS) is 15.0. The van der Waals surface area contributed by atoms with E-state index in [0.717, 1.165) is 38.4 Å². The Hall–Kier alpha value is -2.38. The molecule has 0 unspecified atom stereocenters. The minimum Gasteiger partial charge on any atom is -0.435 e. The predicted molar refractivity (Wildman–Crippen MR) is 106 cm³/mol. The van der Waals surface area contributed by atoms with Gasteiger partial charge in [0.05, 0.1) is 44.1 Å². The highest BCUT2D eigenvalue weighted by atomic mass is 35.5. The van der Waals surface area contributed by atoms with Crippen LogP contribution in [0.25, 0.3) is 0 Å². The van der Waals surface area contributed by atoms with Crippen LogP contribution in [-0.4, -0.2) is 45.2 Å². The van der Waals surface area contributed by atoms with Crippen molar-refractivity contribution in [3.05, 3.63) is 53.1 Å². The number of ether oxygens (including phenoxy) is 1. The molecule has 2 aromatic carbocycles. The summed E-state index contributed by atoms with van der Waals surface area (Å²) in [4.78, 5) is 16.4. The van der Waals surface area contributed by atoms with Gasteiger partial charge in [-0.1, -0.05) is 17.7 Å². The summed E-state index contributed by atoms with van der Waals surface area (Å²) in [5.41, 5.74) is 1.72. The Labute approximate surface area is 167 Å². The minimum atomic E-state index is -2.94. The third kappa shape index (κ3) is 5.11. The largest absolute Gasteiger partial charge is 0.435 e. The molecule has 3 rings (SSSR count). The topological polar surface area (TPSA) is 46.0 Å². The van der Waals surface area contributed by atoms with E-state index in [-0.39, 0.29) is 11.3 Å². The van der Waals surface area contributed by atoms with Gasteiger partial charge in [0.2, 0.25) is 0 Å². The molecule has 1 heterocycles. The first kappa shape index (κ1) is 20.4. The van der Waals surface area contributed by atoms with E-state index in [0.29, 0.717) is 10.7 Å². The van der Waals surface area contributed by atoms with E-state index in [1.165, 1.54) is 18.2 Å². The molecule has 2 N–H and O–H groups in total. The maximum atomic E-state index is 12.7. The molecule has 1 fully saturated rings. The number of hydrogen-bond acceptors (Lipinski definition) is 3. The minimum absolute atomic E-state index is 0.0624. The Bertz CT molecular complexity index is 827. The fourth-order valence-corrected chi connectivity index (χ4v) is 3.48. The van der Waals surface area contributed by atoms with Crippen LogP contribution in [0.5, 0.6) is 5.75 Å². The average molecular weight is 411 g/mol. The standard InChI is InChI=1S/C20H22ClF2N3O2/c1-2-25-8-10-26(11-9-25)18-7-6-15(21)13-17(18)24-19(27)14-4-3-5-16(12-14)28-20(22)23/h3-7,12-13,20H,2,8-11H2,1H3,(H,24,27)/p+1. The summed E-state index contributed by atoms with van der Waals surface area (Å²) in [7, 11) is 0. The number of likely N-dealkylation sites (N-methyl/N-ethyl adjacent to an activating group) is 1. The van der Waals surface area contributed by atoms with Crippen molar-refractivity contribution in [2.45, 2.75) is 13.5 Å². The van der Waals surface area contributed by atoms with Crippen molar-refractivity contribution < 1.29 is 23.2 Å². The molecule has 28 heavy (non-hydrogen) atoms. The first-order valence-electron chi connectivity index (χ1n) is 9.20. The van der Waals surface area contributed by atoms with Crippen molar-refractivity contribution in [3.8, 4) is 5.75 Å². The maximum absolute atomic E-state index is 12.7. The van der Waals surface area contributed by atoms with Crippen molar-refractivity contribution >= 4 is 28.9 Å². The molecule has 1 amide bonds. The summed E-state index contributed by atoms with van der Waals surface area (Å²) in [6.45, 7) is 4.14. The molecule has 1 aliphatic heterocycles. The van der Waals surface area contributed by atoms with Crippen LogP contribution in [0.2, 0.25) is 5.02 Å². The van der Waals surface area contributed by atoms with Gasteiger partial charge in [0, 0.05) is 10.6 Å². The number of hydrogen-bond donors (Lipinski definition) is 2. The molecule has 8 heteroatoms. The lowest BCUT2D eigenvalue weighted by molar-refractivity contribution is -0.898. The van der Waals surface area contributed by atoms with Gasteiger partial charge >= 0.3 is 6.61 Å². The number of rotatable bonds is 6. The number of halogens is 3. The fraction of sp³-hybridized carbons (Fsp3) is 0.350. The molecule has 150 valence electrons. The highest BCUT2D eigenvalue weighted by Crippen LogP contribution is 2.30. The summed E-state index contributed by atoms with van der Waals surface area (Å²) >= 11 is 6.14. The number of amides is 1. The van der Waals surface area contributed by atoms with Crippen LogP contribution in [0.4, 0.5) is 20.2 Å². The summed E-state index contributed by atoms with van der Waals surface area (Å²) in [5, 5.41) is 3.36. The third-order valence-corrected chi connectivity index (χ3v) is 5.07. The zero-order chi connectivity index (χ0) is 20.1. The first-order valence-corrected chi connectivity index (χ1v) is 9.58. The molecule has 0 aromatic heterocycles. The molecule has 0 saturated carbocycles. The van der Waals surface area contributed by atoms with E-state index in [9.17, 15) is 13.6 Å². The molecular formula is C20H23ClF2N3O2+. The van der Waals surface area contributed by atoms with E-state index < -0.39 is 12.5 Å². The van der Waals surface area contributed by atoms with Crippen LogP contribution in [0, 0.1) is 0 Å². The predicted octanol–water partition coefficient (Wildman–Crippen LogP) is 2.92. The lowest BCUT2D eigenvalue weighted by Gasteiger charge is -2.34. The highest BCUT2D eigenvalue weighted by Gasteiger charge is 2.22. The van der Waals surface area contributed by atoms with Gasteiger partial charge in [-0.2, -0.15) is 8.78 Å². The summed E-state index contributed by atoms with van der Waals surface area (Å²) in [6, 6.07) is 11.1. The second-order valence-electron chi connectivity index (χ2n) is 6.61. The van der Waals surface area contributed by atoms with Gasteiger partial charge in [-0.15, -0.1) is 0 Å². The Kier molecular flexibility index (Phi) is 6.70. The number of nitrogens with one attached hydrogen (secondary N) is 2. The summed E-state index contributed by atoms with van der Waals surface area (Å²) in [5.74, 6) is -0.478. The SMILES string of the molecule is CC[NH+]1CCN(c2ccc(Cl)cc2NC(=O)c2cccc(OC(F)F)c2)CC1. The number of alkyl halides is 2. The molecule has 1 aliphatic rings. The van der Waals surface area contributed by atoms with Gasteiger partial charge in [0.15, 0.2) is 0 Å². The van der Waals surface area contributed by atoms with E-state index in [4.69, 9.17) is 11.6 Å². The van der Waals surface area contributed by atoms with E-state index in [2.05, 4.69) is 21.9 Å². The van der Waals surface area contributed by atoms with Crippen molar-refractivity contribution in [1.82, 2.24) is 0 Å². The summed E-state index contributed by atoms with van der Waals surface area (Å²) in [6.07, 6.45) is 0. The van der Waals surface area contributed by atoms with E-state index in [1.807, 2.05) is 6.07 Å². The number of nitrogens with zero attached hydrogens (tertiary/aromatic N) is 1. The highest BCUT2D eigenvalue weighted by molar-refractivity contribution is 6.31. The van der Waals surface area contributed by atoms with E-state index in [1.54, 1.807) is 23.1 Å². The van der Waals surface area contributed by atoms with Crippen LogP contribution in [0.1, 0.15) is 17.3 Å².